The highest BCUT2D eigenvalue weighted by Gasteiger charge is 2.25. The lowest BCUT2D eigenvalue weighted by atomic mass is 9.78. The molecule has 1 nitrogen and oxygen atoms in total. The van der Waals surface area contributed by atoms with Crippen LogP contribution in [0.25, 0.3) is 0 Å². The minimum Gasteiger partial charge on any atom is -0.324 e. The van der Waals surface area contributed by atoms with E-state index >= 15 is 0 Å². The summed E-state index contributed by atoms with van der Waals surface area (Å²) < 4.78 is 0. The molecule has 0 amide bonds. The fourth-order valence-corrected chi connectivity index (χ4v) is 1.76. The Morgan fingerprint density at radius 3 is 1.88 bits per heavy atom. The van der Waals surface area contributed by atoms with E-state index in [0.29, 0.717) is 5.92 Å². The number of hydrogen-bond donors (Lipinski definition) is 1. The van der Waals surface area contributed by atoms with Gasteiger partial charge in [0.05, 0.1) is 0 Å². The Morgan fingerprint density at radius 1 is 1.06 bits per heavy atom. The summed E-state index contributed by atoms with van der Waals surface area (Å²) in [5, 5.41) is 0. The number of hydrogen-bond acceptors (Lipinski definition) is 1. The third-order valence-electron chi connectivity index (χ3n) is 3.72. The molecule has 2 N–H and O–H groups in total. The van der Waals surface area contributed by atoms with Crippen LogP contribution in [0.3, 0.4) is 0 Å². The van der Waals surface area contributed by atoms with Gasteiger partial charge >= 0.3 is 0 Å². The second kappa shape index (κ2) is 5.01. The van der Waals surface area contributed by atoms with Crippen LogP contribution in [0.1, 0.15) is 64.1 Å². The molecule has 1 unspecified atom stereocenters. The smallest absolute Gasteiger partial charge is 0.0346 e. The molecule has 1 atom stereocenters. The summed E-state index contributed by atoms with van der Waals surface area (Å²) in [6, 6.07) is 8.88. The molecule has 0 heterocycles. The molecule has 1 heteroatoms. The summed E-state index contributed by atoms with van der Waals surface area (Å²) in [6.07, 6.45) is 1.10. The Morgan fingerprint density at radius 2 is 1.50 bits per heavy atom. The summed E-state index contributed by atoms with van der Waals surface area (Å²) in [5.41, 5.74) is 9.10. The lowest BCUT2D eigenvalue weighted by Crippen LogP contribution is -2.28. The highest BCUT2D eigenvalue weighted by molar-refractivity contribution is 5.27. The van der Waals surface area contributed by atoms with Crippen molar-refractivity contribution < 1.29 is 0 Å². The Labute approximate surface area is 100 Å². The third kappa shape index (κ3) is 2.85. The van der Waals surface area contributed by atoms with Gasteiger partial charge in [-0.1, -0.05) is 58.9 Å². The lowest BCUT2D eigenvalue weighted by Gasteiger charge is -2.30. The summed E-state index contributed by atoms with van der Waals surface area (Å²) in [4.78, 5) is 0. The third-order valence-corrected chi connectivity index (χ3v) is 3.72. The second-order valence-electron chi connectivity index (χ2n) is 5.64. The maximum absolute atomic E-state index is 6.31. The van der Waals surface area contributed by atoms with Crippen molar-refractivity contribution in [3.05, 3.63) is 35.4 Å². The van der Waals surface area contributed by atoms with Crippen molar-refractivity contribution in [3.63, 3.8) is 0 Å². The monoisotopic (exact) mass is 219 g/mol. The summed E-state index contributed by atoms with van der Waals surface area (Å²) >= 11 is 0. The molecule has 1 rings (SSSR count). The molecule has 1 aromatic carbocycles. The molecule has 0 aromatic heterocycles. The van der Waals surface area contributed by atoms with E-state index in [1.807, 2.05) is 0 Å². The normalized spacial score (nSPS) is 14.2. The van der Waals surface area contributed by atoms with E-state index in [4.69, 9.17) is 5.73 Å². The van der Waals surface area contributed by atoms with Gasteiger partial charge in [-0.25, -0.2) is 0 Å². The Kier molecular flexibility index (Phi) is 4.15. The molecular weight excluding hydrogens is 194 g/mol. The Bertz CT molecular complexity index is 322. The van der Waals surface area contributed by atoms with Crippen LogP contribution in [0, 0.1) is 5.41 Å². The first-order valence-corrected chi connectivity index (χ1v) is 6.24. The van der Waals surface area contributed by atoms with Crippen LogP contribution in [0.5, 0.6) is 0 Å². The fourth-order valence-electron chi connectivity index (χ4n) is 1.76. The molecule has 0 bridgehead atoms. The van der Waals surface area contributed by atoms with Crippen molar-refractivity contribution >= 4 is 0 Å². The second-order valence-corrected chi connectivity index (χ2v) is 5.64. The fraction of sp³-hybridized carbons (Fsp3) is 0.600. The van der Waals surface area contributed by atoms with Crippen LogP contribution in [0.2, 0.25) is 0 Å². The molecular formula is C15H25N. The van der Waals surface area contributed by atoms with Crippen LogP contribution in [0.4, 0.5) is 0 Å². The van der Waals surface area contributed by atoms with Gasteiger partial charge in [0.2, 0.25) is 0 Å². The highest BCUT2D eigenvalue weighted by Crippen LogP contribution is 2.34. The molecule has 0 aliphatic rings. The Hall–Kier alpha value is -0.820. The van der Waals surface area contributed by atoms with Crippen molar-refractivity contribution in [1.29, 1.82) is 0 Å². The van der Waals surface area contributed by atoms with Crippen LogP contribution < -0.4 is 5.73 Å². The van der Waals surface area contributed by atoms with E-state index in [2.05, 4.69) is 58.9 Å². The van der Waals surface area contributed by atoms with Gasteiger partial charge in [-0.2, -0.15) is 0 Å². The van der Waals surface area contributed by atoms with Crippen molar-refractivity contribution in [2.24, 2.45) is 11.1 Å². The van der Waals surface area contributed by atoms with E-state index in [1.165, 1.54) is 11.1 Å². The van der Waals surface area contributed by atoms with Gasteiger partial charge in [-0.15, -0.1) is 0 Å². The Balaban J connectivity index is 2.90. The van der Waals surface area contributed by atoms with E-state index in [-0.39, 0.29) is 11.5 Å². The SMILES string of the molecule is CCC(C)(C)C(N)c1ccc(C(C)C)cc1. The zero-order valence-electron chi connectivity index (χ0n) is 11.2. The van der Waals surface area contributed by atoms with Crippen LogP contribution in [-0.2, 0) is 0 Å². The van der Waals surface area contributed by atoms with Crippen molar-refractivity contribution in [2.75, 3.05) is 0 Å². The van der Waals surface area contributed by atoms with Gasteiger partial charge in [0.1, 0.15) is 0 Å². The predicted molar refractivity (Wildman–Crippen MR) is 71.5 cm³/mol. The van der Waals surface area contributed by atoms with Crippen LogP contribution >= 0.6 is 0 Å². The molecule has 90 valence electrons. The zero-order valence-corrected chi connectivity index (χ0v) is 11.2. The predicted octanol–water partition coefficient (Wildman–Crippen LogP) is 4.25. The average molecular weight is 219 g/mol. The van der Waals surface area contributed by atoms with Gasteiger partial charge in [0.15, 0.2) is 0 Å². The van der Waals surface area contributed by atoms with Crippen molar-refractivity contribution in [3.8, 4) is 0 Å². The zero-order chi connectivity index (χ0) is 12.3. The number of rotatable bonds is 4. The molecule has 0 spiro atoms. The largest absolute Gasteiger partial charge is 0.324 e. The standard InChI is InChI=1S/C15H25N/c1-6-15(4,5)14(16)13-9-7-12(8-10-13)11(2)3/h7-11,14H,6,16H2,1-5H3. The minimum atomic E-state index is 0.124. The van der Waals surface area contributed by atoms with Gasteiger partial charge < -0.3 is 5.73 Å². The topological polar surface area (TPSA) is 26.0 Å². The quantitative estimate of drug-likeness (QED) is 0.805. The van der Waals surface area contributed by atoms with Gasteiger partial charge in [-0.05, 0) is 28.9 Å². The lowest BCUT2D eigenvalue weighted by molar-refractivity contribution is 0.278. The molecule has 1 aromatic rings. The maximum atomic E-state index is 6.31. The maximum Gasteiger partial charge on any atom is 0.0346 e. The van der Waals surface area contributed by atoms with Gasteiger partial charge in [0.25, 0.3) is 0 Å². The first-order valence-electron chi connectivity index (χ1n) is 6.24. The van der Waals surface area contributed by atoms with E-state index in [0.717, 1.165) is 6.42 Å². The minimum absolute atomic E-state index is 0.124. The number of benzene rings is 1. The first-order chi connectivity index (χ1) is 7.38. The summed E-state index contributed by atoms with van der Waals surface area (Å²) in [7, 11) is 0. The average Bonchev–Trinajstić information content (AvgIpc) is 2.28. The number of nitrogens with two attached hydrogens (primary N) is 1. The molecule has 0 saturated carbocycles. The van der Waals surface area contributed by atoms with E-state index in [9.17, 15) is 0 Å². The van der Waals surface area contributed by atoms with E-state index in [1.54, 1.807) is 0 Å². The summed E-state index contributed by atoms with van der Waals surface area (Å²) in [5.74, 6) is 0.587. The summed E-state index contributed by atoms with van der Waals surface area (Å²) in [6.45, 7) is 11.1. The molecule has 0 saturated heterocycles. The van der Waals surface area contributed by atoms with Crippen molar-refractivity contribution in [2.45, 2.75) is 53.0 Å². The molecule has 0 aliphatic heterocycles. The molecule has 0 fully saturated rings. The van der Waals surface area contributed by atoms with Crippen LogP contribution in [0.15, 0.2) is 24.3 Å². The first kappa shape index (κ1) is 13.2. The molecule has 0 aliphatic carbocycles. The van der Waals surface area contributed by atoms with Gasteiger partial charge in [0, 0.05) is 6.04 Å². The highest BCUT2D eigenvalue weighted by atomic mass is 14.7. The van der Waals surface area contributed by atoms with Crippen LogP contribution in [-0.4, -0.2) is 0 Å². The van der Waals surface area contributed by atoms with Gasteiger partial charge in [-0.3, -0.25) is 0 Å². The molecule has 0 radical (unpaired) electrons. The van der Waals surface area contributed by atoms with E-state index < -0.39 is 0 Å². The van der Waals surface area contributed by atoms with Crippen molar-refractivity contribution in [1.82, 2.24) is 0 Å². The molecule has 16 heavy (non-hydrogen) atoms.